The van der Waals surface area contributed by atoms with Crippen molar-refractivity contribution in [3.63, 3.8) is 0 Å². The Balaban J connectivity index is 1.79. The number of nitrogens with two attached hydrogens (primary N) is 1. The number of hydrogen-bond acceptors (Lipinski definition) is 3. The summed E-state index contributed by atoms with van der Waals surface area (Å²) in [6.45, 7) is 4.79. The third-order valence-corrected chi connectivity index (χ3v) is 4.51. The monoisotopic (exact) mass is 312 g/mol. The number of rotatable bonds is 3. The second kappa shape index (κ2) is 6.54. The Hall–Kier alpha value is -2.14. The number of aryl methyl sites for hydroxylation is 1. The molecule has 0 saturated carbocycles. The first-order chi connectivity index (χ1) is 11.1. The van der Waals surface area contributed by atoms with Gasteiger partial charge in [-0.15, -0.1) is 0 Å². The third-order valence-electron chi connectivity index (χ3n) is 4.51. The van der Waals surface area contributed by atoms with Crippen molar-refractivity contribution in [2.24, 2.45) is 5.73 Å². The molecule has 0 spiro atoms. The van der Waals surface area contributed by atoms with Gasteiger partial charge in [-0.25, -0.2) is 4.68 Å². The third kappa shape index (κ3) is 3.29. The van der Waals surface area contributed by atoms with Gasteiger partial charge in [0.25, 0.3) is 5.91 Å². The number of piperidine rings is 1. The molecule has 3 rings (SSSR count). The van der Waals surface area contributed by atoms with Gasteiger partial charge >= 0.3 is 0 Å². The zero-order chi connectivity index (χ0) is 16.4. The number of benzene rings is 1. The number of nitrogens with zero attached hydrogens (tertiary/aromatic N) is 3. The van der Waals surface area contributed by atoms with E-state index in [1.54, 1.807) is 0 Å². The highest BCUT2D eigenvalue weighted by Crippen LogP contribution is 2.22. The summed E-state index contributed by atoms with van der Waals surface area (Å²) < 4.78 is 1.81. The Morgan fingerprint density at radius 3 is 2.65 bits per heavy atom. The molecular formula is C18H24N4O. The van der Waals surface area contributed by atoms with Gasteiger partial charge in [0, 0.05) is 30.4 Å². The molecular weight excluding hydrogens is 288 g/mol. The van der Waals surface area contributed by atoms with E-state index in [0.29, 0.717) is 5.56 Å². The summed E-state index contributed by atoms with van der Waals surface area (Å²) in [6, 6.07) is 7.77. The van der Waals surface area contributed by atoms with Crippen LogP contribution >= 0.6 is 0 Å². The van der Waals surface area contributed by atoms with Crippen LogP contribution in [0.4, 0.5) is 0 Å². The average molecular weight is 312 g/mol. The van der Waals surface area contributed by atoms with Crippen molar-refractivity contribution < 1.29 is 4.79 Å². The van der Waals surface area contributed by atoms with E-state index in [1.807, 2.05) is 60.1 Å². The molecule has 1 aliphatic rings. The zero-order valence-electron chi connectivity index (χ0n) is 13.8. The number of carbonyl (C=O) groups is 1. The van der Waals surface area contributed by atoms with Crippen molar-refractivity contribution in [2.75, 3.05) is 6.54 Å². The number of amides is 1. The van der Waals surface area contributed by atoms with Crippen LogP contribution in [0, 0.1) is 6.92 Å². The highest BCUT2D eigenvalue weighted by Gasteiger charge is 2.29. The predicted octanol–water partition coefficient (Wildman–Crippen LogP) is 2.52. The lowest BCUT2D eigenvalue weighted by atomic mass is 9.96. The van der Waals surface area contributed by atoms with E-state index in [2.05, 4.69) is 5.10 Å². The summed E-state index contributed by atoms with van der Waals surface area (Å²) in [7, 11) is 0. The molecule has 122 valence electrons. The molecule has 5 nitrogen and oxygen atoms in total. The van der Waals surface area contributed by atoms with Gasteiger partial charge in [-0.1, -0.05) is 0 Å². The first kappa shape index (κ1) is 15.7. The smallest absolute Gasteiger partial charge is 0.254 e. The van der Waals surface area contributed by atoms with Gasteiger partial charge in [0.15, 0.2) is 0 Å². The van der Waals surface area contributed by atoms with Crippen molar-refractivity contribution in [1.82, 2.24) is 14.7 Å². The second-order valence-electron chi connectivity index (χ2n) is 6.43. The molecule has 2 N–H and O–H groups in total. The second-order valence-corrected chi connectivity index (χ2v) is 6.43. The van der Waals surface area contributed by atoms with E-state index in [0.717, 1.165) is 37.1 Å². The van der Waals surface area contributed by atoms with Gasteiger partial charge in [-0.3, -0.25) is 4.79 Å². The van der Waals surface area contributed by atoms with Crippen LogP contribution in [-0.2, 0) is 0 Å². The highest BCUT2D eigenvalue weighted by atomic mass is 16.2. The van der Waals surface area contributed by atoms with Crippen molar-refractivity contribution in [3.05, 3.63) is 47.8 Å². The van der Waals surface area contributed by atoms with Crippen molar-refractivity contribution in [1.29, 1.82) is 0 Å². The highest BCUT2D eigenvalue weighted by molar-refractivity contribution is 5.94. The van der Waals surface area contributed by atoms with E-state index in [-0.39, 0.29) is 18.0 Å². The SMILES string of the molecule is Cc1cnn(-c2ccc(C(=O)N3CCCCC3C(C)N)cc2)c1. The summed E-state index contributed by atoms with van der Waals surface area (Å²) in [6.07, 6.45) is 6.98. The minimum Gasteiger partial charge on any atom is -0.334 e. The molecule has 1 saturated heterocycles. The molecule has 2 aromatic rings. The quantitative estimate of drug-likeness (QED) is 0.947. The Kier molecular flexibility index (Phi) is 4.48. The minimum absolute atomic E-state index is 0.00516. The van der Waals surface area contributed by atoms with E-state index in [9.17, 15) is 4.79 Å². The lowest BCUT2D eigenvalue weighted by Gasteiger charge is -2.38. The maximum absolute atomic E-state index is 12.8. The van der Waals surface area contributed by atoms with Crippen LogP contribution in [-0.4, -0.2) is 39.2 Å². The van der Waals surface area contributed by atoms with E-state index in [1.165, 1.54) is 0 Å². The number of likely N-dealkylation sites (tertiary alicyclic amines) is 1. The standard InChI is InChI=1S/C18H24N4O/c1-13-11-20-22(12-13)16-8-6-15(7-9-16)18(23)21-10-4-3-5-17(21)14(2)19/h6-9,11-12,14,17H,3-5,10,19H2,1-2H3. The first-order valence-corrected chi connectivity index (χ1v) is 8.24. The Morgan fingerprint density at radius 1 is 1.30 bits per heavy atom. The molecule has 2 heterocycles. The van der Waals surface area contributed by atoms with E-state index in [4.69, 9.17) is 5.73 Å². The molecule has 0 aliphatic carbocycles. The summed E-state index contributed by atoms with van der Waals surface area (Å²) in [5.41, 5.74) is 8.85. The van der Waals surface area contributed by atoms with Crippen LogP contribution in [0.25, 0.3) is 5.69 Å². The number of carbonyl (C=O) groups excluding carboxylic acids is 1. The molecule has 1 aromatic heterocycles. The van der Waals surface area contributed by atoms with E-state index >= 15 is 0 Å². The molecule has 1 amide bonds. The fourth-order valence-electron chi connectivity index (χ4n) is 3.23. The molecule has 1 aromatic carbocycles. The Morgan fingerprint density at radius 2 is 2.04 bits per heavy atom. The van der Waals surface area contributed by atoms with Gasteiger partial charge in [-0.05, 0) is 62.9 Å². The van der Waals surface area contributed by atoms with Gasteiger partial charge in [0.2, 0.25) is 0 Å². The molecule has 5 heteroatoms. The lowest BCUT2D eigenvalue weighted by molar-refractivity contribution is 0.0584. The van der Waals surface area contributed by atoms with Crippen LogP contribution in [0.3, 0.4) is 0 Å². The van der Waals surface area contributed by atoms with Gasteiger partial charge in [-0.2, -0.15) is 5.10 Å². The molecule has 1 fully saturated rings. The molecule has 1 aliphatic heterocycles. The minimum atomic E-state index is 0.00516. The topological polar surface area (TPSA) is 64.2 Å². The predicted molar refractivity (Wildman–Crippen MR) is 90.6 cm³/mol. The molecule has 2 atom stereocenters. The first-order valence-electron chi connectivity index (χ1n) is 8.24. The lowest BCUT2D eigenvalue weighted by Crippen LogP contribution is -2.51. The number of aromatic nitrogens is 2. The summed E-state index contributed by atoms with van der Waals surface area (Å²) in [5, 5.41) is 4.29. The summed E-state index contributed by atoms with van der Waals surface area (Å²) >= 11 is 0. The van der Waals surface area contributed by atoms with Crippen molar-refractivity contribution in [2.45, 2.75) is 45.2 Å². The van der Waals surface area contributed by atoms with Crippen LogP contribution in [0.1, 0.15) is 42.1 Å². The fourth-order valence-corrected chi connectivity index (χ4v) is 3.23. The Labute approximate surface area is 137 Å². The number of hydrogen-bond donors (Lipinski definition) is 1. The maximum Gasteiger partial charge on any atom is 0.254 e. The van der Waals surface area contributed by atoms with Gasteiger partial charge in [0.05, 0.1) is 11.9 Å². The Bertz CT molecular complexity index is 675. The molecule has 0 bridgehead atoms. The van der Waals surface area contributed by atoms with E-state index < -0.39 is 0 Å². The maximum atomic E-state index is 12.8. The molecule has 23 heavy (non-hydrogen) atoms. The summed E-state index contributed by atoms with van der Waals surface area (Å²) in [5.74, 6) is 0.0789. The average Bonchev–Trinajstić information content (AvgIpc) is 3.01. The van der Waals surface area contributed by atoms with Crippen LogP contribution in [0.15, 0.2) is 36.7 Å². The fraction of sp³-hybridized carbons (Fsp3) is 0.444. The van der Waals surface area contributed by atoms with Crippen LogP contribution < -0.4 is 5.73 Å². The van der Waals surface area contributed by atoms with Crippen molar-refractivity contribution in [3.8, 4) is 5.69 Å². The van der Waals surface area contributed by atoms with Crippen molar-refractivity contribution >= 4 is 5.91 Å². The normalized spacial score (nSPS) is 19.6. The zero-order valence-corrected chi connectivity index (χ0v) is 13.8. The largest absolute Gasteiger partial charge is 0.334 e. The summed E-state index contributed by atoms with van der Waals surface area (Å²) in [4.78, 5) is 14.8. The van der Waals surface area contributed by atoms with Gasteiger partial charge in [0.1, 0.15) is 0 Å². The van der Waals surface area contributed by atoms with Crippen LogP contribution in [0.2, 0.25) is 0 Å². The van der Waals surface area contributed by atoms with Crippen LogP contribution in [0.5, 0.6) is 0 Å². The molecule has 0 radical (unpaired) electrons. The molecule has 2 unspecified atom stereocenters. The van der Waals surface area contributed by atoms with Gasteiger partial charge < -0.3 is 10.6 Å².